The molecule has 0 aliphatic carbocycles. The highest BCUT2D eigenvalue weighted by Gasteiger charge is 2.13. The van der Waals surface area contributed by atoms with Gasteiger partial charge >= 0.3 is 0 Å². The van der Waals surface area contributed by atoms with Gasteiger partial charge in [0, 0.05) is 11.0 Å². The predicted octanol–water partition coefficient (Wildman–Crippen LogP) is 3.26. The van der Waals surface area contributed by atoms with Crippen molar-refractivity contribution in [2.24, 2.45) is 0 Å². The second kappa shape index (κ2) is 5.92. The van der Waals surface area contributed by atoms with E-state index in [1.165, 1.54) is 11.3 Å². The summed E-state index contributed by atoms with van der Waals surface area (Å²) >= 11 is 9.65. The molecule has 1 rings (SSSR count). The van der Waals surface area contributed by atoms with Gasteiger partial charge in [-0.3, -0.25) is 4.79 Å². The zero-order chi connectivity index (χ0) is 10.6. The molecule has 0 aliphatic heterocycles. The SMILES string of the molecule is Cc1csc(C(=O)NCCCI)c1Cl. The van der Waals surface area contributed by atoms with Crippen molar-refractivity contribution in [2.75, 3.05) is 11.0 Å². The van der Waals surface area contributed by atoms with Crippen molar-refractivity contribution in [3.8, 4) is 0 Å². The highest BCUT2D eigenvalue weighted by Crippen LogP contribution is 2.26. The van der Waals surface area contributed by atoms with Crippen LogP contribution in [0.3, 0.4) is 0 Å². The average molecular weight is 344 g/mol. The van der Waals surface area contributed by atoms with Crippen molar-refractivity contribution < 1.29 is 4.79 Å². The first-order valence-corrected chi connectivity index (χ1v) is 7.03. The Morgan fingerprint density at radius 2 is 2.43 bits per heavy atom. The van der Waals surface area contributed by atoms with Crippen molar-refractivity contribution in [3.63, 3.8) is 0 Å². The Kier molecular flexibility index (Phi) is 5.19. The quantitative estimate of drug-likeness (QED) is 0.507. The van der Waals surface area contributed by atoms with Gasteiger partial charge in [0.1, 0.15) is 4.88 Å². The van der Waals surface area contributed by atoms with E-state index in [0.29, 0.717) is 9.90 Å². The fraction of sp³-hybridized carbons (Fsp3) is 0.444. The maximum Gasteiger partial charge on any atom is 0.262 e. The third kappa shape index (κ3) is 3.10. The number of amides is 1. The lowest BCUT2D eigenvalue weighted by Gasteiger charge is -2.01. The molecule has 1 amide bonds. The van der Waals surface area contributed by atoms with Crippen LogP contribution < -0.4 is 5.32 Å². The number of aryl methyl sites for hydroxylation is 1. The van der Waals surface area contributed by atoms with Gasteiger partial charge in [0.05, 0.1) is 5.02 Å². The number of rotatable bonds is 4. The minimum absolute atomic E-state index is 0.0575. The molecule has 2 nitrogen and oxygen atoms in total. The molecule has 0 fully saturated rings. The molecule has 0 saturated carbocycles. The molecule has 0 aliphatic rings. The normalized spacial score (nSPS) is 10.2. The first-order valence-electron chi connectivity index (χ1n) is 4.24. The summed E-state index contributed by atoms with van der Waals surface area (Å²) in [6, 6.07) is 0. The number of nitrogens with one attached hydrogen (secondary N) is 1. The number of alkyl halides is 1. The van der Waals surface area contributed by atoms with E-state index >= 15 is 0 Å². The Hall–Kier alpha value is 0.190. The standard InChI is InChI=1S/C9H11ClINOS/c1-6-5-14-8(7(6)10)9(13)12-4-2-3-11/h5H,2-4H2,1H3,(H,12,13). The molecule has 1 heterocycles. The van der Waals surface area contributed by atoms with Gasteiger partial charge in [0.25, 0.3) is 5.91 Å². The van der Waals surface area contributed by atoms with E-state index in [4.69, 9.17) is 11.6 Å². The summed E-state index contributed by atoms with van der Waals surface area (Å²) < 4.78 is 1.05. The van der Waals surface area contributed by atoms with Crippen LogP contribution >= 0.6 is 45.5 Å². The molecule has 0 saturated heterocycles. The lowest BCUT2D eigenvalue weighted by molar-refractivity contribution is 0.0958. The first-order chi connectivity index (χ1) is 6.66. The van der Waals surface area contributed by atoms with E-state index < -0.39 is 0 Å². The number of thiophene rings is 1. The van der Waals surface area contributed by atoms with E-state index in [0.717, 1.165) is 23.0 Å². The molecule has 0 atom stereocenters. The van der Waals surface area contributed by atoms with E-state index in [9.17, 15) is 4.79 Å². The maximum absolute atomic E-state index is 11.6. The molecule has 1 aromatic heterocycles. The summed E-state index contributed by atoms with van der Waals surface area (Å²) in [6.45, 7) is 2.62. The van der Waals surface area contributed by atoms with E-state index in [1.54, 1.807) is 0 Å². The van der Waals surface area contributed by atoms with Gasteiger partial charge in [-0.1, -0.05) is 34.2 Å². The minimum atomic E-state index is -0.0575. The van der Waals surface area contributed by atoms with Crippen LogP contribution in [0.5, 0.6) is 0 Å². The van der Waals surface area contributed by atoms with Gasteiger partial charge in [0.2, 0.25) is 0 Å². The van der Waals surface area contributed by atoms with Gasteiger partial charge in [0.15, 0.2) is 0 Å². The van der Waals surface area contributed by atoms with Gasteiger partial charge in [-0.25, -0.2) is 0 Å². The molecule has 5 heteroatoms. The molecular formula is C9H11ClINOS. The summed E-state index contributed by atoms with van der Waals surface area (Å²) in [5.74, 6) is -0.0575. The molecule has 0 bridgehead atoms. The molecule has 0 unspecified atom stereocenters. The van der Waals surface area contributed by atoms with Crippen LogP contribution in [0.2, 0.25) is 5.02 Å². The zero-order valence-corrected chi connectivity index (χ0v) is 11.5. The molecule has 0 spiro atoms. The molecule has 1 N–H and O–H groups in total. The van der Waals surface area contributed by atoms with Crippen LogP contribution in [0.1, 0.15) is 21.7 Å². The molecule has 0 radical (unpaired) electrons. The summed E-state index contributed by atoms with van der Waals surface area (Å²) in [5, 5.41) is 5.32. The van der Waals surface area contributed by atoms with Crippen molar-refractivity contribution >= 4 is 51.4 Å². The van der Waals surface area contributed by atoms with Gasteiger partial charge in [-0.15, -0.1) is 11.3 Å². The zero-order valence-electron chi connectivity index (χ0n) is 7.77. The highest BCUT2D eigenvalue weighted by atomic mass is 127. The minimum Gasteiger partial charge on any atom is -0.351 e. The lowest BCUT2D eigenvalue weighted by Crippen LogP contribution is -2.24. The molecular weight excluding hydrogens is 333 g/mol. The topological polar surface area (TPSA) is 29.1 Å². The number of carbonyl (C=O) groups is 1. The van der Waals surface area contributed by atoms with E-state index in [-0.39, 0.29) is 5.91 Å². The number of hydrogen-bond acceptors (Lipinski definition) is 2. The van der Waals surface area contributed by atoms with Gasteiger partial charge in [-0.2, -0.15) is 0 Å². The third-order valence-corrected chi connectivity index (χ3v) is 4.16. The Morgan fingerprint density at radius 3 is 2.93 bits per heavy atom. The summed E-state index contributed by atoms with van der Waals surface area (Å²) in [7, 11) is 0. The number of halogens is 2. The lowest BCUT2D eigenvalue weighted by atomic mass is 10.3. The smallest absolute Gasteiger partial charge is 0.262 e. The fourth-order valence-electron chi connectivity index (χ4n) is 0.932. The maximum atomic E-state index is 11.6. The van der Waals surface area contributed by atoms with Crippen LogP contribution in [0.25, 0.3) is 0 Å². The van der Waals surface area contributed by atoms with Crippen LogP contribution in [0.4, 0.5) is 0 Å². The molecule has 0 aromatic carbocycles. The fourth-order valence-corrected chi connectivity index (χ4v) is 2.51. The summed E-state index contributed by atoms with van der Waals surface area (Å²) in [4.78, 5) is 12.2. The largest absolute Gasteiger partial charge is 0.351 e. The molecule has 1 aromatic rings. The van der Waals surface area contributed by atoms with Crippen LogP contribution in [0, 0.1) is 6.92 Å². The summed E-state index contributed by atoms with van der Waals surface area (Å²) in [6.07, 6.45) is 0.994. The van der Waals surface area contributed by atoms with Crippen molar-refractivity contribution in [3.05, 3.63) is 20.8 Å². The number of carbonyl (C=O) groups excluding carboxylic acids is 1. The van der Waals surface area contributed by atoms with Crippen LogP contribution in [0.15, 0.2) is 5.38 Å². The predicted molar refractivity (Wildman–Crippen MR) is 69.9 cm³/mol. The Bertz CT molecular complexity index is 327. The Labute approximate surface area is 106 Å². The van der Waals surface area contributed by atoms with Crippen molar-refractivity contribution in [1.82, 2.24) is 5.32 Å². The Balaban J connectivity index is 2.56. The van der Waals surface area contributed by atoms with Gasteiger partial charge < -0.3 is 5.32 Å². The average Bonchev–Trinajstić information content (AvgIpc) is 2.48. The third-order valence-electron chi connectivity index (χ3n) is 1.70. The highest BCUT2D eigenvalue weighted by molar-refractivity contribution is 14.1. The molecule has 78 valence electrons. The van der Waals surface area contributed by atoms with Crippen LogP contribution in [-0.2, 0) is 0 Å². The number of hydrogen-bond donors (Lipinski definition) is 1. The first kappa shape index (κ1) is 12.3. The second-order valence-electron chi connectivity index (χ2n) is 2.86. The Morgan fingerprint density at radius 1 is 1.71 bits per heavy atom. The molecule has 14 heavy (non-hydrogen) atoms. The monoisotopic (exact) mass is 343 g/mol. The van der Waals surface area contributed by atoms with E-state index in [2.05, 4.69) is 27.9 Å². The van der Waals surface area contributed by atoms with Gasteiger partial charge in [-0.05, 0) is 24.3 Å². The summed E-state index contributed by atoms with van der Waals surface area (Å²) in [5.41, 5.74) is 0.968. The van der Waals surface area contributed by atoms with E-state index in [1.807, 2.05) is 12.3 Å². The second-order valence-corrected chi connectivity index (χ2v) is 5.20. The van der Waals surface area contributed by atoms with Crippen LogP contribution in [-0.4, -0.2) is 16.9 Å². The van der Waals surface area contributed by atoms with Crippen molar-refractivity contribution in [2.45, 2.75) is 13.3 Å². The van der Waals surface area contributed by atoms with Crippen molar-refractivity contribution in [1.29, 1.82) is 0 Å².